The fourth-order valence-electron chi connectivity index (χ4n) is 2.48. The van der Waals surface area contributed by atoms with Crippen molar-refractivity contribution in [2.24, 2.45) is 0 Å². The Kier molecular flexibility index (Phi) is 5.71. The molecule has 1 amide bonds. The number of carboxylic acids is 1. The van der Waals surface area contributed by atoms with Crippen LogP contribution < -0.4 is 0 Å². The average Bonchev–Trinajstić information content (AvgIpc) is 2.60. The molecule has 7 heteroatoms. The molecular formula is C18H19NO6. The zero-order chi connectivity index (χ0) is 18.6. The van der Waals surface area contributed by atoms with E-state index in [-0.39, 0.29) is 12.0 Å². The first-order chi connectivity index (χ1) is 11.9. The first kappa shape index (κ1) is 18.4. The number of hydrogen-bond donors (Lipinski definition) is 2. The number of nitrogens with zero attached hydrogens (tertiary/aromatic N) is 1. The lowest BCUT2D eigenvalue weighted by atomic mass is 10.00. The van der Waals surface area contributed by atoms with Crippen LogP contribution in [-0.4, -0.2) is 45.8 Å². The summed E-state index contributed by atoms with van der Waals surface area (Å²) in [6.07, 6.45) is -0.0778. The lowest BCUT2D eigenvalue weighted by molar-refractivity contribution is -0.190. The van der Waals surface area contributed by atoms with Crippen LogP contribution in [0.2, 0.25) is 0 Å². The average molecular weight is 345 g/mol. The maximum absolute atomic E-state index is 12.7. The number of aliphatic carboxylic acids is 1. The van der Waals surface area contributed by atoms with Gasteiger partial charge in [-0.3, -0.25) is 4.79 Å². The Morgan fingerprint density at radius 2 is 1.84 bits per heavy atom. The van der Waals surface area contributed by atoms with Crippen molar-refractivity contribution in [2.45, 2.75) is 26.3 Å². The number of fused-ring (bicyclic) bond motifs is 1. The van der Waals surface area contributed by atoms with Crippen molar-refractivity contribution in [3.63, 3.8) is 0 Å². The highest BCUT2D eigenvalue weighted by molar-refractivity contribution is 6.06. The monoisotopic (exact) mass is 345 g/mol. The fourth-order valence-corrected chi connectivity index (χ4v) is 2.48. The van der Waals surface area contributed by atoms with Crippen molar-refractivity contribution >= 4 is 28.6 Å². The van der Waals surface area contributed by atoms with Crippen molar-refractivity contribution < 1.29 is 29.4 Å². The van der Waals surface area contributed by atoms with Gasteiger partial charge in [0.15, 0.2) is 6.04 Å². The molecule has 0 aliphatic carbocycles. The van der Waals surface area contributed by atoms with Gasteiger partial charge in [-0.15, -0.1) is 0 Å². The Hall–Kier alpha value is -2.93. The predicted molar refractivity (Wildman–Crippen MR) is 89.7 cm³/mol. The smallest absolute Gasteiger partial charge is 0.364 e. The van der Waals surface area contributed by atoms with Gasteiger partial charge >= 0.3 is 11.9 Å². The van der Waals surface area contributed by atoms with Gasteiger partial charge in [0.25, 0.3) is 5.91 Å². The van der Waals surface area contributed by atoms with Crippen molar-refractivity contribution in [3.8, 4) is 0 Å². The normalized spacial score (nSPS) is 11.8. The molecule has 0 saturated heterocycles. The zero-order valence-electron chi connectivity index (χ0n) is 13.9. The third-order valence-electron chi connectivity index (χ3n) is 3.81. The number of benzene rings is 2. The number of aliphatic hydroxyl groups is 1. The highest BCUT2D eigenvalue weighted by atomic mass is 16.7. The van der Waals surface area contributed by atoms with Crippen LogP contribution in [0.5, 0.6) is 0 Å². The number of hydroxylamine groups is 2. The molecule has 2 aromatic rings. The summed E-state index contributed by atoms with van der Waals surface area (Å²) in [6, 6.07) is 9.09. The predicted octanol–water partition coefficient (Wildman–Crippen LogP) is 1.90. The third-order valence-corrected chi connectivity index (χ3v) is 3.81. The van der Waals surface area contributed by atoms with Crippen LogP contribution >= 0.6 is 0 Å². The molecular weight excluding hydrogens is 326 g/mol. The van der Waals surface area contributed by atoms with Crippen molar-refractivity contribution in [1.29, 1.82) is 0 Å². The molecule has 0 aliphatic rings. The highest BCUT2D eigenvalue weighted by Gasteiger charge is 2.33. The molecule has 2 aromatic carbocycles. The second kappa shape index (κ2) is 7.76. The van der Waals surface area contributed by atoms with E-state index in [1.165, 1.54) is 6.92 Å². The molecule has 1 atom stereocenters. The number of aliphatic hydroxyl groups excluding tert-OH is 1. The van der Waals surface area contributed by atoms with E-state index in [1.807, 2.05) is 18.2 Å². The standard InChI is InChI=1S/C18H19NO6/c1-3-15(21)19(14(10-20)17(22)23)25-18(24)16-11(2)8-9-12-6-4-5-7-13(12)16/h4-9,14,20H,3,10H2,1-2H3,(H,22,23)/t14-/m0/s1. The number of rotatable bonds is 5. The lowest BCUT2D eigenvalue weighted by Crippen LogP contribution is -2.48. The van der Waals surface area contributed by atoms with Gasteiger partial charge < -0.3 is 15.1 Å². The van der Waals surface area contributed by atoms with E-state index in [2.05, 4.69) is 0 Å². The van der Waals surface area contributed by atoms with Crippen LogP contribution in [-0.2, 0) is 14.4 Å². The van der Waals surface area contributed by atoms with Crippen molar-refractivity contribution in [1.82, 2.24) is 5.06 Å². The number of aryl methyl sites for hydroxylation is 1. The highest BCUT2D eigenvalue weighted by Crippen LogP contribution is 2.23. The first-order valence-electron chi connectivity index (χ1n) is 7.77. The number of carbonyl (C=O) groups is 3. The first-order valence-corrected chi connectivity index (χ1v) is 7.77. The minimum Gasteiger partial charge on any atom is -0.480 e. The van der Waals surface area contributed by atoms with Gasteiger partial charge in [-0.2, -0.15) is 5.06 Å². The number of carboxylic acid groups (broad SMARTS) is 1. The molecule has 0 aromatic heterocycles. The maximum atomic E-state index is 12.7. The Bertz CT molecular complexity index is 816. The van der Waals surface area contributed by atoms with E-state index in [1.54, 1.807) is 25.1 Å². The molecule has 25 heavy (non-hydrogen) atoms. The van der Waals surface area contributed by atoms with Gasteiger partial charge in [0.2, 0.25) is 0 Å². The Morgan fingerprint density at radius 1 is 1.16 bits per heavy atom. The van der Waals surface area contributed by atoms with Gasteiger partial charge in [-0.1, -0.05) is 43.3 Å². The molecule has 7 nitrogen and oxygen atoms in total. The summed E-state index contributed by atoms with van der Waals surface area (Å²) in [5.41, 5.74) is 0.873. The van der Waals surface area contributed by atoms with Crippen molar-refractivity contribution in [3.05, 3.63) is 47.5 Å². The van der Waals surface area contributed by atoms with Crippen LogP contribution in [0.1, 0.15) is 29.3 Å². The van der Waals surface area contributed by atoms with E-state index < -0.39 is 30.5 Å². The summed E-state index contributed by atoms with van der Waals surface area (Å²) in [5.74, 6) is -3.03. The molecule has 0 radical (unpaired) electrons. The Morgan fingerprint density at radius 3 is 2.44 bits per heavy atom. The van der Waals surface area contributed by atoms with Crippen LogP contribution in [0.4, 0.5) is 0 Å². The van der Waals surface area contributed by atoms with Crippen LogP contribution in [0.25, 0.3) is 10.8 Å². The molecule has 0 spiro atoms. The second-order valence-electron chi connectivity index (χ2n) is 5.47. The molecule has 0 bridgehead atoms. The Labute approximate surface area is 144 Å². The molecule has 2 N–H and O–H groups in total. The van der Waals surface area contributed by atoms with E-state index in [4.69, 9.17) is 9.94 Å². The molecule has 0 heterocycles. The van der Waals surface area contributed by atoms with E-state index in [0.29, 0.717) is 16.0 Å². The topological polar surface area (TPSA) is 104 Å². The summed E-state index contributed by atoms with van der Waals surface area (Å²) in [7, 11) is 0. The summed E-state index contributed by atoms with van der Waals surface area (Å²) in [6.45, 7) is 2.35. The van der Waals surface area contributed by atoms with Gasteiger partial charge in [0.05, 0.1) is 12.2 Å². The minimum atomic E-state index is -1.66. The van der Waals surface area contributed by atoms with E-state index >= 15 is 0 Å². The molecule has 132 valence electrons. The number of hydrogen-bond acceptors (Lipinski definition) is 5. The van der Waals surface area contributed by atoms with Gasteiger partial charge in [-0.05, 0) is 23.3 Å². The largest absolute Gasteiger partial charge is 0.480 e. The number of amides is 1. The van der Waals surface area contributed by atoms with Crippen molar-refractivity contribution in [2.75, 3.05) is 6.61 Å². The third kappa shape index (κ3) is 3.77. The summed E-state index contributed by atoms with van der Waals surface area (Å²) in [5, 5.41) is 20.3. The van der Waals surface area contributed by atoms with E-state index in [9.17, 15) is 19.5 Å². The van der Waals surface area contributed by atoms with Gasteiger partial charge in [0.1, 0.15) is 0 Å². The van der Waals surface area contributed by atoms with Gasteiger partial charge in [-0.25, -0.2) is 9.59 Å². The quantitative estimate of drug-likeness (QED) is 0.802. The summed E-state index contributed by atoms with van der Waals surface area (Å²) < 4.78 is 0. The molecule has 0 fully saturated rings. The van der Waals surface area contributed by atoms with Crippen LogP contribution in [0.15, 0.2) is 36.4 Å². The SMILES string of the molecule is CCC(=O)N(OC(=O)c1c(C)ccc2ccccc12)[C@@H](CO)C(=O)O. The van der Waals surface area contributed by atoms with Crippen LogP contribution in [0, 0.1) is 6.92 Å². The molecule has 0 unspecified atom stereocenters. The summed E-state index contributed by atoms with van der Waals surface area (Å²) >= 11 is 0. The summed E-state index contributed by atoms with van der Waals surface area (Å²) in [4.78, 5) is 41.0. The number of carbonyl (C=O) groups excluding carboxylic acids is 2. The molecule has 0 saturated carbocycles. The van der Waals surface area contributed by atoms with Crippen LogP contribution in [0.3, 0.4) is 0 Å². The second-order valence-corrected chi connectivity index (χ2v) is 5.47. The molecule has 2 rings (SSSR count). The maximum Gasteiger partial charge on any atom is 0.364 e. The molecule has 0 aliphatic heterocycles. The zero-order valence-corrected chi connectivity index (χ0v) is 13.9. The fraction of sp³-hybridized carbons (Fsp3) is 0.278. The van der Waals surface area contributed by atoms with E-state index in [0.717, 1.165) is 5.39 Å². The minimum absolute atomic E-state index is 0.0778. The Balaban J connectivity index is 2.44. The van der Waals surface area contributed by atoms with Gasteiger partial charge in [0, 0.05) is 6.42 Å². The lowest BCUT2D eigenvalue weighted by Gasteiger charge is -2.25.